The monoisotopic (exact) mass is 352 g/mol. The summed E-state index contributed by atoms with van der Waals surface area (Å²) in [4.78, 5) is 23.9. The smallest absolute Gasteiger partial charge is 0.331 e. The molecule has 3 heteroatoms. The number of ketones is 1. The highest BCUT2D eigenvalue weighted by atomic mass is 16.6. The highest BCUT2D eigenvalue weighted by molar-refractivity contribution is 5.91. The van der Waals surface area contributed by atoms with Crippen molar-refractivity contribution >= 4 is 11.8 Å². The van der Waals surface area contributed by atoms with Crippen molar-refractivity contribution < 1.29 is 14.3 Å². The Hall–Kier alpha value is -1.38. The van der Waals surface area contributed by atoms with Gasteiger partial charge >= 0.3 is 5.97 Å². The van der Waals surface area contributed by atoms with Crippen LogP contribution >= 0.6 is 0 Å². The molecule has 0 N–H and O–H groups in total. The zero-order valence-corrected chi connectivity index (χ0v) is 15.6. The van der Waals surface area contributed by atoms with Gasteiger partial charge in [0.15, 0.2) is 5.78 Å². The van der Waals surface area contributed by atoms with Crippen LogP contribution in [-0.2, 0) is 14.3 Å². The SMILES string of the molecule is CC[C@]12CCC3C(CCC4=CC(=O)CC[C@@H]43)C1[C@@H]1C[C@@H]1[C@@]21C=CC(=O)O1. The molecule has 8 atom stereocenters. The largest absolute Gasteiger partial charge is 0.451 e. The standard InChI is InChI=1S/C23H28O3/c1-2-22-9-7-16-15-6-4-14(24)11-13(15)3-5-17(16)21(22)18-12-19(18)23(22)10-8-20(25)26-23/h8,10-11,15-19,21H,2-7,9,12H2,1H3/t15-,16?,17?,18+,19-,21?,22-,23-/m0/s1. The Morgan fingerprint density at radius 1 is 1.12 bits per heavy atom. The maximum Gasteiger partial charge on any atom is 0.331 e. The summed E-state index contributed by atoms with van der Waals surface area (Å²) in [5.41, 5.74) is 1.33. The van der Waals surface area contributed by atoms with E-state index in [0.717, 1.165) is 43.4 Å². The number of rotatable bonds is 1. The number of hydrogen-bond acceptors (Lipinski definition) is 3. The van der Waals surface area contributed by atoms with Crippen molar-refractivity contribution in [3.05, 3.63) is 23.8 Å². The first-order chi connectivity index (χ1) is 12.6. The van der Waals surface area contributed by atoms with E-state index in [-0.39, 0.29) is 17.0 Å². The zero-order chi connectivity index (χ0) is 17.7. The van der Waals surface area contributed by atoms with E-state index in [0.29, 0.717) is 23.5 Å². The fourth-order valence-corrected chi connectivity index (χ4v) is 8.56. The quantitative estimate of drug-likeness (QED) is 0.664. The molecule has 0 amide bonds. The molecule has 3 unspecified atom stereocenters. The van der Waals surface area contributed by atoms with Gasteiger partial charge in [-0.3, -0.25) is 4.79 Å². The molecule has 1 spiro atoms. The number of hydrogen-bond donors (Lipinski definition) is 0. The van der Waals surface area contributed by atoms with E-state index in [1.165, 1.54) is 31.3 Å². The van der Waals surface area contributed by atoms with Crippen LogP contribution in [0.5, 0.6) is 0 Å². The van der Waals surface area contributed by atoms with E-state index in [9.17, 15) is 9.59 Å². The molecule has 6 aliphatic rings. The first-order valence-electron chi connectivity index (χ1n) is 10.7. The third kappa shape index (κ3) is 1.67. The van der Waals surface area contributed by atoms with E-state index >= 15 is 0 Å². The maximum atomic E-state index is 12.1. The highest BCUT2D eigenvalue weighted by Gasteiger charge is 2.78. The minimum atomic E-state index is -0.294. The van der Waals surface area contributed by atoms with E-state index in [1.807, 2.05) is 6.08 Å². The third-order valence-corrected chi connectivity index (χ3v) is 9.38. The van der Waals surface area contributed by atoms with Gasteiger partial charge in [0, 0.05) is 23.8 Å². The van der Waals surface area contributed by atoms with Gasteiger partial charge in [-0.15, -0.1) is 0 Å². The summed E-state index contributed by atoms with van der Waals surface area (Å²) in [5, 5.41) is 0. The molecule has 0 radical (unpaired) electrons. The Morgan fingerprint density at radius 3 is 2.77 bits per heavy atom. The van der Waals surface area contributed by atoms with Crippen molar-refractivity contribution in [2.45, 2.75) is 63.9 Å². The van der Waals surface area contributed by atoms with Crippen molar-refractivity contribution in [1.29, 1.82) is 0 Å². The molecule has 138 valence electrons. The molecule has 0 bridgehead atoms. The zero-order valence-electron chi connectivity index (χ0n) is 15.6. The molecule has 26 heavy (non-hydrogen) atoms. The van der Waals surface area contributed by atoms with Gasteiger partial charge in [-0.1, -0.05) is 12.5 Å². The number of fused-ring (bicyclic) bond motifs is 9. The Balaban J connectivity index is 1.40. The van der Waals surface area contributed by atoms with Gasteiger partial charge in [0.1, 0.15) is 5.60 Å². The second kappa shape index (κ2) is 4.91. The minimum absolute atomic E-state index is 0.120. The van der Waals surface area contributed by atoms with Crippen molar-refractivity contribution in [2.24, 2.45) is 40.9 Å². The van der Waals surface area contributed by atoms with Gasteiger partial charge in [0.25, 0.3) is 0 Å². The van der Waals surface area contributed by atoms with E-state index in [2.05, 4.69) is 13.0 Å². The number of carbonyl (C=O) groups excluding carboxylic acids is 2. The van der Waals surface area contributed by atoms with Gasteiger partial charge in [-0.05, 0) is 86.7 Å². The summed E-state index contributed by atoms with van der Waals surface area (Å²) >= 11 is 0. The lowest BCUT2D eigenvalue weighted by Gasteiger charge is -2.58. The molecule has 1 aliphatic heterocycles. The maximum absolute atomic E-state index is 12.1. The summed E-state index contributed by atoms with van der Waals surface area (Å²) in [6.45, 7) is 2.33. The molecule has 4 saturated carbocycles. The summed E-state index contributed by atoms with van der Waals surface area (Å²) in [5.74, 6) is 4.44. The van der Waals surface area contributed by atoms with E-state index in [4.69, 9.17) is 4.74 Å². The summed E-state index contributed by atoms with van der Waals surface area (Å²) in [6, 6.07) is 0. The Morgan fingerprint density at radius 2 is 2.00 bits per heavy atom. The molecular formula is C23H28O3. The number of carbonyl (C=O) groups is 2. The Bertz CT molecular complexity index is 763. The van der Waals surface area contributed by atoms with E-state index < -0.39 is 0 Å². The van der Waals surface area contributed by atoms with Crippen LogP contribution in [0.4, 0.5) is 0 Å². The summed E-state index contributed by atoms with van der Waals surface area (Å²) < 4.78 is 6.12. The highest BCUT2D eigenvalue weighted by Crippen LogP contribution is 2.78. The van der Waals surface area contributed by atoms with Crippen LogP contribution in [-0.4, -0.2) is 17.4 Å². The number of esters is 1. The summed E-state index contributed by atoms with van der Waals surface area (Å²) in [7, 11) is 0. The van der Waals surface area contributed by atoms with Gasteiger partial charge in [-0.2, -0.15) is 0 Å². The average molecular weight is 352 g/mol. The second-order valence-corrected chi connectivity index (χ2v) is 9.82. The first kappa shape index (κ1) is 15.7. The Labute approximate surface area is 155 Å². The predicted molar refractivity (Wildman–Crippen MR) is 97.0 cm³/mol. The van der Waals surface area contributed by atoms with Gasteiger partial charge in [0.05, 0.1) is 0 Å². The number of ether oxygens (including phenoxy) is 1. The number of allylic oxidation sites excluding steroid dienone is 1. The van der Waals surface area contributed by atoms with Gasteiger partial charge in [-0.25, -0.2) is 4.79 Å². The van der Waals surface area contributed by atoms with Crippen LogP contribution < -0.4 is 0 Å². The van der Waals surface area contributed by atoms with Gasteiger partial charge < -0.3 is 4.74 Å². The van der Waals surface area contributed by atoms with Crippen LogP contribution in [0.15, 0.2) is 23.8 Å². The third-order valence-electron chi connectivity index (χ3n) is 9.38. The summed E-state index contributed by atoms with van der Waals surface area (Å²) in [6.07, 6.45) is 14.9. The first-order valence-corrected chi connectivity index (χ1v) is 10.7. The molecular weight excluding hydrogens is 324 g/mol. The van der Waals surface area contributed by atoms with Gasteiger partial charge in [0.2, 0.25) is 0 Å². The molecule has 0 aromatic heterocycles. The lowest BCUT2D eigenvalue weighted by molar-refractivity contribution is -0.171. The molecule has 0 saturated heterocycles. The molecule has 3 nitrogen and oxygen atoms in total. The predicted octanol–water partition coefficient (Wildman–Crippen LogP) is 4.23. The second-order valence-electron chi connectivity index (χ2n) is 9.82. The fourth-order valence-electron chi connectivity index (χ4n) is 8.56. The lowest BCUT2D eigenvalue weighted by atomic mass is 9.48. The lowest BCUT2D eigenvalue weighted by Crippen LogP contribution is -2.56. The van der Waals surface area contributed by atoms with Crippen LogP contribution in [0.2, 0.25) is 0 Å². The molecule has 5 aliphatic carbocycles. The normalized spacial score (nSPS) is 53.5. The molecule has 1 heterocycles. The fraction of sp³-hybridized carbons (Fsp3) is 0.739. The molecule has 6 rings (SSSR count). The van der Waals surface area contributed by atoms with Crippen molar-refractivity contribution in [2.75, 3.05) is 0 Å². The van der Waals surface area contributed by atoms with Crippen molar-refractivity contribution in [3.63, 3.8) is 0 Å². The van der Waals surface area contributed by atoms with Crippen LogP contribution in [0.25, 0.3) is 0 Å². The molecule has 4 fully saturated rings. The topological polar surface area (TPSA) is 43.4 Å². The van der Waals surface area contributed by atoms with Crippen molar-refractivity contribution in [1.82, 2.24) is 0 Å². The van der Waals surface area contributed by atoms with Crippen LogP contribution in [0, 0.1) is 40.9 Å². The Kier molecular flexibility index (Phi) is 2.96. The van der Waals surface area contributed by atoms with Crippen LogP contribution in [0.3, 0.4) is 0 Å². The minimum Gasteiger partial charge on any atom is -0.451 e. The van der Waals surface area contributed by atoms with E-state index in [1.54, 1.807) is 6.08 Å². The van der Waals surface area contributed by atoms with Crippen LogP contribution in [0.1, 0.15) is 58.3 Å². The average Bonchev–Trinajstić information content (AvgIpc) is 3.29. The van der Waals surface area contributed by atoms with Crippen molar-refractivity contribution in [3.8, 4) is 0 Å². The molecule has 0 aromatic rings. The molecule has 0 aromatic carbocycles.